The van der Waals surface area contributed by atoms with Crippen LogP contribution in [0, 0.1) is 5.92 Å². The molecule has 120 valence electrons. The van der Waals surface area contributed by atoms with Gasteiger partial charge in [0.2, 0.25) is 5.91 Å². The van der Waals surface area contributed by atoms with E-state index in [4.69, 9.17) is 0 Å². The van der Waals surface area contributed by atoms with Crippen LogP contribution in [0.1, 0.15) is 38.9 Å². The molecule has 1 aliphatic rings. The molecule has 2 rings (SSSR count). The maximum atomic E-state index is 12.3. The fourth-order valence-corrected chi connectivity index (χ4v) is 2.69. The van der Waals surface area contributed by atoms with Crippen molar-refractivity contribution in [1.82, 2.24) is 19.9 Å². The van der Waals surface area contributed by atoms with Crippen molar-refractivity contribution in [3.8, 4) is 0 Å². The van der Waals surface area contributed by atoms with Crippen molar-refractivity contribution < 1.29 is 9.90 Å². The number of aromatic nitrogens is 3. The number of hydrogen-bond donors (Lipinski definition) is 1. The van der Waals surface area contributed by atoms with E-state index in [0.717, 1.165) is 5.69 Å². The van der Waals surface area contributed by atoms with Crippen LogP contribution < -0.4 is 0 Å². The molecule has 1 N–H and O–H groups in total. The first kappa shape index (κ1) is 16.4. The van der Waals surface area contributed by atoms with Gasteiger partial charge < -0.3 is 10.0 Å². The Labute approximate surface area is 131 Å². The first-order valence-corrected chi connectivity index (χ1v) is 7.54. The van der Waals surface area contributed by atoms with Crippen LogP contribution in [0.4, 0.5) is 0 Å². The second-order valence-electron chi connectivity index (χ2n) is 6.20. The van der Waals surface area contributed by atoms with Gasteiger partial charge in [0, 0.05) is 13.1 Å². The molecule has 0 spiro atoms. The van der Waals surface area contributed by atoms with Crippen molar-refractivity contribution in [2.75, 3.05) is 13.1 Å². The van der Waals surface area contributed by atoms with E-state index in [1.807, 2.05) is 30.0 Å². The Morgan fingerprint density at radius 3 is 2.95 bits per heavy atom. The summed E-state index contributed by atoms with van der Waals surface area (Å²) in [4.78, 5) is 14.1. The number of nitrogens with zero attached hydrogens (tertiary/aromatic N) is 4. The Morgan fingerprint density at radius 1 is 1.59 bits per heavy atom. The Hall–Kier alpha value is -1.95. The highest BCUT2D eigenvalue weighted by molar-refractivity contribution is 5.78. The van der Waals surface area contributed by atoms with Crippen LogP contribution in [0.15, 0.2) is 24.9 Å². The summed E-state index contributed by atoms with van der Waals surface area (Å²) in [5.41, 5.74) is -0.348. The zero-order valence-electron chi connectivity index (χ0n) is 13.4. The largest absolute Gasteiger partial charge is 0.386 e. The van der Waals surface area contributed by atoms with E-state index < -0.39 is 5.60 Å². The molecular formula is C16H24N4O2. The number of likely N-dealkylation sites (tertiary alicyclic amines) is 1. The molecule has 1 aliphatic heterocycles. The average Bonchev–Trinajstić information content (AvgIpc) is 3.05. The van der Waals surface area contributed by atoms with Crippen molar-refractivity contribution in [3.63, 3.8) is 0 Å². The van der Waals surface area contributed by atoms with Crippen molar-refractivity contribution in [2.45, 2.75) is 38.8 Å². The molecule has 0 bridgehead atoms. The molecule has 1 saturated heterocycles. The van der Waals surface area contributed by atoms with Crippen LogP contribution >= 0.6 is 0 Å². The summed E-state index contributed by atoms with van der Waals surface area (Å²) in [5.74, 6) is 0.228. The molecule has 2 heterocycles. The number of amides is 1. The van der Waals surface area contributed by atoms with E-state index in [2.05, 4.69) is 23.8 Å². The molecule has 6 nitrogen and oxygen atoms in total. The third-order valence-electron chi connectivity index (χ3n) is 4.08. The van der Waals surface area contributed by atoms with Gasteiger partial charge in [-0.1, -0.05) is 24.3 Å². The molecular weight excluding hydrogens is 280 g/mol. The quantitative estimate of drug-likeness (QED) is 0.840. The molecule has 1 amide bonds. The number of carbonyl (C=O) groups is 1. The van der Waals surface area contributed by atoms with Crippen molar-refractivity contribution in [3.05, 3.63) is 30.6 Å². The second-order valence-corrected chi connectivity index (χ2v) is 6.20. The van der Waals surface area contributed by atoms with E-state index in [-0.39, 0.29) is 24.3 Å². The first-order chi connectivity index (χ1) is 10.4. The minimum Gasteiger partial charge on any atom is -0.386 e. The van der Waals surface area contributed by atoms with Crippen LogP contribution in [0.2, 0.25) is 0 Å². The predicted octanol–water partition coefficient (Wildman–Crippen LogP) is 1.66. The fraction of sp³-hybridized carbons (Fsp3) is 0.562. The van der Waals surface area contributed by atoms with Gasteiger partial charge in [0.1, 0.15) is 5.69 Å². The lowest BCUT2D eigenvalue weighted by molar-refractivity contribution is -0.133. The lowest BCUT2D eigenvalue weighted by atomic mass is 10.0. The van der Waals surface area contributed by atoms with Gasteiger partial charge in [-0.25, -0.2) is 4.68 Å². The van der Waals surface area contributed by atoms with Crippen LogP contribution in [-0.4, -0.2) is 49.6 Å². The van der Waals surface area contributed by atoms with Crippen LogP contribution in [0.25, 0.3) is 6.08 Å². The van der Waals surface area contributed by atoms with Gasteiger partial charge >= 0.3 is 0 Å². The minimum absolute atomic E-state index is 0.0527. The second kappa shape index (κ2) is 6.44. The van der Waals surface area contributed by atoms with E-state index in [9.17, 15) is 9.90 Å². The van der Waals surface area contributed by atoms with Gasteiger partial charge in [0.25, 0.3) is 0 Å². The highest BCUT2D eigenvalue weighted by atomic mass is 16.3. The Kier molecular flexibility index (Phi) is 4.81. The summed E-state index contributed by atoms with van der Waals surface area (Å²) in [6, 6.07) is 0.115. The topological polar surface area (TPSA) is 71.2 Å². The predicted molar refractivity (Wildman–Crippen MR) is 84.9 cm³/mol. The van der Waals surface area contributed by atoms with E-state index in [0.29, 0.717) is 13.1 Å². The summed E-state index contributed by atoms with van der Waals surface area (Å²) in [6.07, 6.45) is 7.17. The molecule has 6 heteroatoms. The monoisotopic (exact) mass is 304 g/mol. The smallest absolute Gasteiger partial charge is 0.225 e. The zero-order chi connectivity index (χ0) is 16.3. The summed E-state index contributed by atoms with van der Waals surface area (Å²) in [5, 5.41) is 18.2. The number of aliphatic hydroxyl groups is 1. The van der Waals surface area contributed by atoms with Crippen molar-refractivity contribution in [2.24, 2.45) is 5.92 Å². The van der Waals surface area contributed by atoms with Crippen molar-refractivity contribution in [1.29, 1.82) is 0 Å². The number of hydrogen-bond acceptors (Lipinski definition) is 4. The maximum Gasteiger partial charge on any atom is 0.225 e. The first-order valence-electron chi connectivity index (χ1n) is 7.54. The highest BCUT2D eigenvalue weighted by Crippen LogP contribution is 2.28. The van der Waals surface area contributed by atoms with Gasteiger partial charge in [-0.3, -0.25) is 4.79 Å². The number of carbonyl (C=O) groups excluding carboxylic acids is 1. The van der Waals surface area contributed by atoms with Crippen LogP contribution in [-0.2, 0) is 4.79 Å². The summed E-state index contributed by atoms with van der Waals surface area (Å²) in [6.45, 7) is 10.4. The molecule has 0 saturated carbocycles. The van der Waals surface area contributed by atoms with Gasteiger partial charge in [-0.05, 0) is 25.8 Å². The van der Waals surface area contributed by atoms with Gasteiger partial charge in [0.05, 0.1) is 24.3 Å². The fourth-order valence-electron chi connectivity index (χ4n) is 2.69. The minimum atomic E-state index is -1.16. The van der Waals surface area contributed by atoms with E-state index in [1.165, 1.54) is 6.08 Å². The molecule has 22 heavy (non-hydrogen) atoms. The van der Waals surface area contributed by atoms with Crippen molar-refractivity contribution >= 4 is 12.0 Å². The molecule has 0 aliphatic carbocycles. The Morgan fingerprint density at radius 2 is 2.32 bits per heavy atom. The Bertz CT molecular complexity index is 576. The average molecular weight is 304 g/mol. The van der Waals surface area contributed by atoms with Gasteiger partial charge in [-0.15, -0.1) is 11.7 Å². The molecule has 1 fully saturated rings. The standard InChI is InChI=1S/C16H24N4O2/c1-5-7-13-10-20(18-17-13)14-11-19(9-12(14)3)15(21)8-16(4,22)6-2/h5-7,10,12,14,22H,2,8-9,11H2,1,3-4H3/b7-5+/t12-,14+,16?/m0/s1. The van der Waals surface area contributed by atoms with E-state index in [1.54, 1.807) is 11.8 Å². The van der Waals surface area contributed by atoms with Gasteiger partial charge in [0.15, 0.2) is 0 Å². The molecule has 1 unspecified atom stereocenters. The molecule has 1 aromatic heterocycles. The third-order valence-corrected chi connectivity index (χ3v) is 4.08. The molecule has 0 radical (unpaired) electrons. The summed E-state index contributed by atoms with van der Waals surface area (Å²) in [7, 11) is 0. The normalized spacial score (nSPS) is 24.6. The lowest BCUT2D eigenvalue weighted by Crippen LogP contribution is -2.35. The van der Waals surface area contributed by atoms with Crippen LogP contribution in [0.3, 0.4) is 0 Å². The third kappa shape index (κ3) is 3.62. The number of rotatable bonds is 5. The SMILES string of the molecule is C=CC(C)(O)CC(=O)N1C[C@@H](n2cc(/C=C/C)nn2)[C@@H](C)C1. The summed E-state index contributed by atoms with van der Waals surface area (Å²) >= 11 is 0. The zero-order valence-corrected chi connectivity index (χ0v) is 13.4. The van der Waals surface area contributed by atoms with E-state index >= 15 is 0 Å². The van der Waals surface area contributed by atoms with Crippen LogP contribution in [0.5, 0.6) is 0 Å². The molecule has 1 aromatic rings. The summed E-state index contributed by atoms with van der Waals surface area (Å²) < 4.78 is 1.83. The van der Waals surface area contributed by atoms with Gasteiger partial charge in [-0.2, -0.15) is 0 Å². The molecule has 0 aromatic carbocycles. The number of allylic oxidation sites excluding steroid dienone is 1. The highest BCUT2D eigenvalue weighted by Gasteiger charge is 2.35. The Balaban J connectivity index is 2.05. The molecule has 3 atom stereocenters. The lowest BCUT2D eigenvalue weighted by Gasteiger charge is -2.22. The maximum absolute atomic E-state index is 12.3.